The largest absolute Gasteiger partial charge is 0.343 e. The van der Waals surface area contributed by atoms with Crippen LogP contribution < -0.4 is 10.6 Å². The number of nitrogens with one attached hydrogen (secondary N) is 2. The number of hydrogen-bond acceptors (Lipinski definition) is 2. The Morgan fingerprint density at radius 3 is 1.02 bits per heavy atom. The minimum absolute atomic E-state index is 0.0620. The average molecular weight is 598 g/mol. The van der Waals surface area contributed by atoms with E-state index in [4.69, 9.17) is 0 Å². The van der Waals surface area contributed by atoms with Crippen LogP contribution in [0.1, 0.15) is 32.1 Å². The molecule has 0 radical (unpaired) electrons. The molecular weight excluding hydrogens is 574 g/mol. The van der Waals surface area contributed by atoms with Gasteiger partial charge in [0.05, 0.1) is 0 Å². The Kier molecular flexibility index (Phi) is 9.48. The van der Waals surface area contributed by atoms with Gasteiger partial charge in [-0.05, 0) is 32.1 Å². The van der Waals surface area contributed by atoms with Crippen molar-refractivity contribution >= 4 is 23.3 Å². The van der Waals surface area contributed by atoms with Gasteiger partial charge in [0.2, 0.25) is 11.6 Å². The molecule has 0 spiro atoms. The zero-order valence-corrected chi connectivity index (χ0v) is 21.3. The number of likely N-dealkylation sites (tertiary alicyclic amines) is 2. The van der Waals surface area contributed by atoms with E-state index in [0.29, 0.717) is 51.9 Å². The van der Waals surface area contributed by atoms with Crippen molar-refractivity contribution in [2.45, 2.75) is 32.1 Å². The van der Waals surface area contributed by atoms with Gasteiger partial charge in [-0.15, -0.1) is 0 Å². The van der Waals surface area contributed by atoms with Crippen LogP contribution in [0.15, 0.2) is 9.98 Å². The molecule has 224 valence electrons. The topological polar surface area (TPSA) is 55.3 Å². The van der Waals surface area contributed by atoms with Gasteiger partial charge in [-0.2, -0.15) is 0 Å². The van der Waals surface area contributed by atoms with Crippen LogP contribution in [0.25, 0.3) is 0 Å². The van der Waals surface area contributed by atoms with Crippen LogP contribution in [0, 0.1) is 58.2 Å². The molecule has 41 heavy (non-hydrogen) atoms. The zero-order chi connectivity index (χ0) is 29.8. The van der Waals surface area contributed by atoms with E-state index in [2.05, 4.69) is 20.6 Å². The van der Waals surface area contributed by atoms with Crippen LogP contribution in [0.3, 0.4) is 0 Å². The van der Waals surface area contributed by atoms with E-state index in [1.54, 1.807) is 9.80 Å². The Balaban J connectivity index is 1.51. The van der Waals surface area contributed by atoms with E-state index in [1.165, 1.54) is 0 Å². The third-order valence-corrected chi connectivity index (χ3v) is 6.54. The molecule has 16 heteroatoms. The lowest BCUT2D eigenvalue weighted by atomic mass is 10.2. The second-order valence-electron chi connectivity index (χ2n) is 9.29. The summed E-state index contributed by atoms with van der Waals surface area (Å²) in [5.41, 5.74) is -2.51. The first-order valence-corrected chi connectivity index (χ1v) is 12.7. The monoisotopic (exact) mass is 598 g/mol. The summed E-state index contributed by atoms with van der Waals surface area (Å²) in [6.07, 6.45) is 2.93. The predicted molar refractivity (Wildman–Crippen MR) is 131 cm³/mol. The number of rotatable bonds is 6. The maximum Gasteiger partial charge on any atom is 0.200 e. The maximum atomic E-state index is 14.2. The molecule has 0 atom stereocenters. The van der Waals surface area contributed by atoms with Gasteiger partial charge in [0.25, 0.3) is 0 Å². The Bertz CT molecular complexity index is 1190. The molecule has 2 fully saturated rings. The van der Waals surface area contributed by atoms with Gasteiger partial charge in [0.15, 0.2) is 58.5 Å². The van der Waals surface area contributed by atoms with E-state index in [9.17, 15) is 43.9 Å². The molecule has 2 saturated heterocycles. The molecule has 4 rings (SSSR count). The van der Waals surface area contributed by atoms with Crippen molar-refractivity contribution in [3.05, 3.63) is 58.2 Å². The van der Waals surface area contributed by atoms with Crippen LogP contribution in [0.2, 0.25) is 0 Å². The highest BCUT2D eigenvalue weighted by molar-refractivity contribution is 5.95. The second kappa shape index (κ2) is 12.9. The predicted octanol–water partition coefficient (Wildman–Crippen LogP) is 5.90. The fourth-order valence-corrected chi connectivity index (χ4v) is 4.39. The van der Waals surface area contributed by atoms with E-state index < -0.39 is 69.5 Å². The van der Waals surface area contributed by atoms with E-state index in [0.717, 1.165) is 0 Å². The maximum absolute atomic E-state index is 14.2. The van der Waals surface area contributed by atoms with Crippen LogP contribution in [0.5, 0.6) is 0 Å². The number of halogens is 10. The van der Waals surface area contributed by atoms with E-state index in [1.807, 2.05) is 0 Å². The highest BCUT2D eigenvalue weighted by Crippen LogP contribution is 2.29. The van der Waals surface area contributed by atoms with Crippen LogP contribution in [-0.4, -0.2) is 61.0 Å². The third-order valence-electron chi connectivity index (χ3n) is 6.54. The summed E-state index contributed by atoms with van der Waals surface area (Å²) in [6, 6.07) is 0. The molecule has 0 bridgehead atoms. The van der Waals surface area contributed by atoms with Gasteiger partial charge in [0.1, 0.15) is 11.4 Å². The summed E-state index contributed by atoms with van der Waals surface area (Å²) in [5, 5.41) is 4.42. The first kappa shape index (κ1) is 30.2. The summed E-state index contributed by atoms with van der Waals surface area (Å²) in [7, 11) is 0. The molecule has 0 saturated carbocycles. The summed E-state index contributed by atoms with van der Waals surface area (Å²) in [6.45, 7) is 1.50. The molecule has 2 aromatic rings. The molecule has 0 amide bonds. The smallest absolute Gasteiger partial charge is 0.200 e. The molecule has 6 nitrogen and oxygen atoms in total. The Morgan fingerprint density at radius 1 is 0.463 bits per heavy atom. The summed E-state index contributed by atoms with van der Waals surface area (Å²) in [4.78, 5) is 11.5. The van der Waals surface area contributed by atoms with Gasteiger partial charge in [-0.1, -0.05) is 0 Å². The van der Waals surface area contributed by atoms with Crippen LogP contribution in [0.4, 0.5) is 55.3 Å². The number of aliphatic imine (C=N–C) groups is 2. The minimum atomic E-state index is -2.30. The highest BCUT2D eigenvalue weighted by atomic mass is 19.2. The first-order chi connectivity index (χ1) is 19.5. The van der Waals surface area contributed by atoms with Crippen molar-refractivity contribution in [2.24, 2.45) is 9.98 Å². The first-order valence-electron chi connectivity index (χ1n) is 12.7. The zero-order valence-electron chi connectivity index (χ0n) is 21.3. The Morgan fingerprint density at radius 2 is 0.732 bits per heavy atom. The van der Waals surface area contributed by atoms with Crippen molar-refractivity contribution in [1.29, 1.82) is 0 Å². The van der Waals surface area contributed by atoms with Crippen molar-refractivity contribution in [1.82, 2.24) is 9.80 Å². The van der Waals surface area contributed by atoms with Crippen LogP contribution >= 0.6 is 0 Å². The third kappa shape index (κ3) is 6.30. The Labute approximate surface area is 227 Å². The normalized spacial score (nSPS) is 16.2. The fourth-order valence-electron chi connectivity index (χ4n) is 4.39. The van der Waals surface area contributed by atoms with Gasteiger partial charge >= 0.3 is 0 Å². The molecule has 0 aromatic heterocycles. The number of benzene rings is 2. The molecular formula is C25H24F10N6. The van der Waals surface area contributed by atoms with Gasteiger partial charge < -0.3 is 20.4 Å². The van der Waals surface area contributed by atoms with E-state index >= 15 is 0 Å². The molecule has 2 aliphatic rings. The fraction of sp³-hybridized carbons (Fsp3) is 0.440. The van der Waals surface area contributed by atoms with Crippen molar-refractivity contribution in [3.8, 4) is 0 Å². The lowest BCUT2D eigenvalue weighted by molar-refractivity contribution is 0.381. The molecule has 2 heterocycles. The summed E-state index contributed by atoms with van der Waals surface area (Å²) >= 11 is 0. The lowest BCUT2D eigenvalue weighted by Gasteiger charge is -2.23. The second-order valence-corrected chi connectivity index (χ2v) is 9.29. The Hall–Kier alpha value is -3.72. The molecule has 0 aliphatic carbocycles. The molecule has 2 aliphatic heterocycles. The van der Waals surface area contributed by atoms with Crippen molar-refractivity contribution < 1.29 is 43.9 Å². The SMILES string of the molecule is Fc1c(F)c(F)c(NC(=NCCCN=C(Nc2c(F)c(F)c(F)c(F)c2F)N2CCCC2)N2CCCC2)c(F)c1F. The lowest BCUT2D eigenvalue weighted by Crippen LogP contribution is -2.35. The van der Waals surface area contributed by atoms with Gasteiger partial charge in [0, 0.05) is 39.3 Å². The minimum Gasteiger partial charge on any atom is -0.343 e. The number of guanidine groups is 2. The average Bonchev–Trinajstić information content (AvgIpc) is 3.70. The van der Waals surface area contributed by atoms with Gasteiger partial charge in [-0.3, -0.25) is 9.98 Å². The quantitative estimate of drug-likeness (QED) is 0.109. The molecule has 0 unspecified atom stereocenters. The summed E-state index contributed by atoms with van der Waals surface area (Å²) < 4.78 is 138. The van der Waals surface area contributed by atoms with Gasteiger partial charge in [-0.25, -0.2) is 43.9 Å². The highest BCUT2D eigenvalue weighted by Gasteiger charge is 2.29. The van der Waals surface area contributed by atoms with Crippen LogP contribution in [-0.2, 0) is 0 Å². The number of nitrogens with zero attached hydrogens (tertiary/aromatic N) is 4. The number of hydrogen-bond donors (Lipinski definition) is 2. The molecule has 2 N–H and O–H groups in total. The van der Waals surface area contributed by atoms with Crippen molar-refractivity contribution in [2.75, 3.05) is 49.9 Å². The van der Waals surface area contributed by atoms with Crippen molar-refractivity contribution in [3.63, 3.8) is 0 Å². The number of anilines is 2. The summed E-state index contributed by atoms with van der Waals surface area (Å²) in [5.74, 6) is -21.5. The van der Waals surface area contributed by atoms with E-state index in [-0.39, 0.29) is 31.4 Å². The molecule has 2 aromatic carbocycles. The standard InChI is InChI=1S/C25H24F10N6/c26-12-14(28)18(32)22(19(33)15(12)29)38-24(40-8-1-2-9-40)36-6-5-7-37-25(41-10-3-4-11-41)39-23-20(34)16(30)13(27)17(31)21(23)35/h1-11H2,(H,36,38)(H,37,39).